The quantitative estimate of drug-likeness (QED) is 0.684. The SMILES string of the molecule is CN1CCN(CCN2CCNCC2C#N)CC1. The van der Waals surface area contributed by atoms with E-state index in [4.69, 9.17) is 5.26 Å². The number of nitriles is 1. The topological polar surface area (TPSA) is 45.5 Å². The lowest BCUT2D eigenvalue weighted by Gasteiger charge is -2.36. The van der Waals surface area contributed by atoms with Crippen LogP contribution in [0.3, 0.4) is 0 Å². The molecule has 0 aromatic heterocycles. The van der Waals surface area contributed by atoms with Gasteiger partial charge < -0.3 is 10.2 Å². The Kier molecular flexibility index (Phi) is 4.75. The normalized spacial score (nSPS) is 29.1. The second kappa shape index (κ2) is 6.31. The smallest absolute Gasteiger partial charge is 0.110 e. The van der Waals surface area contributed by atoms with Gasteiger partial charge in [-0.25, -0.2) is 0 Å². The first-order valence-electron chi connectivity index (χ1n) is 6.55. The van der Waals surface area contributed by atoms with E-state index in [2.05, 4.69) is 33.1 Å². The van der Waals surface area contributed by atoms with Gasteiger partial charge in [0.15, 0.2) is 0 Å². The highest BCUT2D eigenvalue weighted by molar-refractivity contribution is 4.96. The molecule has 0 bridgehead atoms. The molecule has 2 aliphatic heterocycles. The summed E-state index contributed by atoms with van der Waals surface area (Å²) in [5, 5.41) is 12.4. The summed E-state index contributed by atoms with van der Waals surface area (Å²) in [5.74, 6) is 0. The van der Waals surface area contributed by atoms with Crippen LogP contribution in [0.2, 0.25) is 0 Å². The molecule has 0 aromatic rings. The third-order valence-electron chi connectivity index (χ3n) is 3.80. The van der Waals surface area contributed by atoms with Crippen LogP contribution < -0.4 is 5.32 Å². The van der Waals surface area contributed by atoms with Crippen LogP contribution in [0.25, 0.3) is 0 Å². The van der Waals surface area contributed by atoms with E-state index in [-0.39, 0.29) is 6.04 Å². The molecule has 2 heterocycles. The second-order valence-electron chi connectivity index (χ2n) is 5.03. The maximum atomic E-state index is 9.08. The van der Waals surface area contributed by atoms with E-state index in [0.29, 0.717) is 0 Å². The molecule has 0 amide bonds. The van der Waals surface area contributed by atoms with Crippen molar-refractivity contribution >= 4 is 0 Å². The molecule has 0 aliphatic carbocycles. The number of hydrogen-bond donors (Lipinski definition) is 1. The van der Waals surface area contributed by atoms with Crippen molar-refractivity contribution < 1.29 is 0 Å². The number of hydrogen-bond acceptors (Lipinski definition) is 5. The number of likely N-dealkylation sites (N-methyl/N-ethyl adjacent to an activating group) is 1. The highest BCUT2D eigenvalue weighted by atomic mass is 15.3. The zero-order valence-electron chi connectivity index (χ0n) is 10.7. The van der Waals surface area contributed by atoms with E-state index < -0.39 is 0 Å². The van der Waals surface area contributed by atoms with Gasteiger partial charge in [0.1, 0.15) is 6.04 Å². The van der Waals surface area contributed by atoms with E-state index in [0.717, 1.165) is 32.7 Å². The van der Waals surface area contributed by atoms with Gasteiger partial charge in [-0.3, -0.25) is 9.80 Å². The molecule has 1 atom stereocenters. The van der Waals surface area contributed by atoms with Crippen molar-refractivity contribution in [2.45, 2.75) is 6.04 Å². The lowest BCUT2D eigenvalue weighted by atomic mass is 10.2. The van der Waals surface area contributed by atoms with Crippen molar-refractivity contribution in [3.63, 3.8) is 0 Å². The Morgan fingerprint density at radius 1 is 1.18 bits per heavy atom. The number of nitrogens with zero attached hydrogens (tertiary/aromatic N) is 4. The van der Waals surface area contributed by atoms with Gasteiger partial charge in [-0.1, -0.05) is 0 Å². The van der Waals surface area contributed by atoms with Gasteiger partial charge in [0.05, 0.1) is 6.07 Å². The summed E-state index contributed by atoms with van der Waals surface area (Å²) in [6, 6.07) is 2.45. The summed E-state index contributed by atoms with van der Waals surface area (Å²) < 4.78 is 0. The van der Waals surface area contributed by atoms with E-state index in [1.165, 1.54) is 26.2 Å². The summed E-state index contributed by atoms with van der Waals surface area (Å²) in [7, 11) is 2.18. The lowest BCUT2D eigenvalue weighted by molar-refractivity contribution is 0.121. The molecule has 1 N–H and O–H groups in total. The van der Waals surface area contributed by atoms with Gasteiger partial charge in [0.25, 0.3) is 0 Å². The molecule has 96 valence electrons. The highest BCUT2D eigenvalue weighted by Gasteiger charge is 2.22. The third-order valence-corrected chi connectivity index (χ3v) is 3.80. The molecule has 2 rings (SSSR count). The molecule has 17 heavy (non-hydrogen) atoms. The fourth-order valence-corrected chi connectivity index (χ4v) is 2.48. The van der Waals surface area contributed by atoms with Crippen LogP contribution in [-0.4, -0.2) is 86.7 Å². The van der Waals surface area contributed by atoms with Crippen molar-refractivity contribution in [2.24, 2.45) is 0 Å². The van der Waals surface area contributed by atoms with Crippen molar-refractivity contribution in [3.8, 4) is 6.07 Å². The predicted molar refractivity (Wildman–Crippen MR) is 67.8 cm³/mol. The molecular formula is C12H23N5. The first-order valence-corrected chi connectivity index (χ1v) is 6.55. The Hall–Kier alpha value is -0.670. The van der Waals surface area contributed by atoms with Crippen molar-refractivity contribution in [3.05, 3.63) is 0 Å². The zero-order chi connectivity index (χ0) is 12.1. The number of rotatable bonds is 3. The van der Waals surface area contributed by atoms with E-state index >= 15 is 0 Å². The fraction of sp³-hybridized carbons (Fsp3) is 0.917. The van der Waals surface area contributed by atoms with Gasteiger partial charge in [-0.05, 0) is 7.05 Å². The predicted octanol–water partition coefficient (Wildman–Crippen LogP) is -0.969. The summed E-state index contributed by atoms with van der Waals surface area (Å²) in [5.41, 5.74) is 0. The van der Waals surface area contributed by atoms with Crippen molar-refractivity contribution in [2.75, 3.05) is 66.0 Å². The Morgan fingerprint density at radius 3 is 2.65 bits per heavy atom. The van der Waals surface area contributed by atoms with Crippen LogP contribution in [0.15, 0.2) is 0 Å². The average molecular weight is 237 g/mol. The van der Waals surface area contributed by atoms with Crippen LogP contribution in [0.1, 0.15) is 0 Å². The molecule has 2 saturated heterocycles. The van der Waals surface area contributed by atoms with Gasteiger partial charge >= 0.3 is 0 Å². The first kappa shape index (κ1) is 12.8. The maximum Gasteiger partial charge on any atom is 0.110 e. The lowest BCUT2D eigenvalue weighted by Crippen LogP contribution is -2.53. The largest absolute Gasteiger partial charge is 0.313 e. The number of piperazine rings is 2. The van der Waals surface area contributed by atoms with Gasteiger partial charge in [0, 0.05) is 58.9 Å². The molecule has 0 saturated carbocycles. The monoisotopic (exact) mass is 237 g/mol. The summed E-state index contributed by atoms with van der Waals surface area (Å²) in [6.07, 6.45) is 0. The minimum Gasteiger partial charge on any atom is -0.313 e. The van der Waals surface area contributed by atoms with Crippen LogP contribution in [0, 0.1) is 11.3 Å². The molecule has 1 unspecified atom stereocenters. The fourth-order valence-electron chi connectivity index (χ4n) is 2.48. The van der Waals surface area contributed by atoms with Crippen molar-refractivity contribution in [1.29, 1.82) is 5.26 Å². The molecule has 5 heteroatoms. The van der Waals surface area contributed by atoms with E-state index in [1.807, 2.05) is 0 Å². The van der Waals surface area contributed by atoms with E-state index in [1.54, 1.807) is 0 Å². The Balaban J connectivity index is 1.72. The molecular weight excluding hydrogens is 214 g/mol. The maximum absolute atomic E-state index is 9.08. The van der Waals surface area contributed by atoms with Crippen LogP contribution in [0.5, 0.6) is 0 Å². The van der Waals surface area contributed by atoms with Gasteiger partial charge in [-0.2, -0.15) is 5.26 Å². The standard InChI is InChI=1S/C12H23N5/c1-15-4-6-16(7-5-15)8-9-17-3-2-14-11-12(17)10-13/h12,14H,2-9,11H2,1H3. The second-order valence-corrected chi connectivity index (χ2v) is 5.03. The Bertz CT molecular complexity index is 267. The molecule has 0 spiro atoms. The van der Waals surface area contributed by atoms with Crippen LogP contribution >= 0.6 is 0 Å². The van der Waals surface area contributed by atoms with Crippen LogP contribution in [0.4, 0.5) is 0 Å². The molecule has 2 fully saturated rings. The average Bonchev–Trinajstić information content (AvgIpc) is 2.38. The van der Waals surface area contributed by atoms with Crippen LogP contribution in [-0.2, 0) is 0 Å². The third kappa shape index (κ3) is 3.65. The Morgan fingerprint density at radius 2 is 1.94 bits per heavy atom. The molecule has 0 radical (unpaired) electrons. The highest BCUT2D eigenvalue weighted by Crippen LogP contribution is 2.04. The van der Waals surface area contributed by atoms with E-state index in [9.17, 15) is 0 Å². The first-order chi connectivity index (χ1) is 8.29. The molecule has 0 aromatic carbocycles. The minimum atomic E-state index is 0.0659. The zero-order valence-corrected chi connectivity index (χ0v) is 10.7. The van der Waals surface area contributed by atoms with Gasteiger partial charge in [-0.15, -0.1) is 0 Å². The summed E-state index contributed by atoms with van der Waals surface area (Å²) in [4.78, 5) is 7.20. The minimum absolute atomic E-state index is 0.0659. The number of nitrogens with one attached hydrogen (secondary N) is 1. The summed E-state index contributed by atoms with van der Waals surface area (Å²) in [6.45, 7) is 9.65. The van der Waals surface area contributed by atoms with Gasteiger partial charge in [0.2, 0.25) is 0 Å². The van der Waals surface area contributed by atoms with Crippen molar-refractivity contribution in [1.82, 2.24) is 20.0 Å². The molecule has 2 aliphatic rings. The summed E-state index contributed by atoms with van der Waals surface area (Å²) >= 11 is 0. The molecule has 5 nitrogen and oxygen atoms in total. The Labute approximate surface area is 104 Å².